The molecule has 0 radical (unpaired) electrons. The van der Waals surface area contributed by atoms with Crippen molar-refractivity contribution in [3.8, 4) is 28.4 Å². The summed E-state index contributed by atoms with van der Waals surface area (Å²) in [4.78, 5) is 22.3. The molecule has 0 bridgehead atoms. The highest BCUT2D eigenvalue weighted by Gasteiger charge is 2.12. The van der Waals surface area contributed by atoms with Crippen LogP contribution in [-0.4, -0.2) is 42.5 Å². The SMILES string of the molecule is COc1ccc(-c2ccc(OCCCOc3cc(C(=O)O)cc(C(=O)O)c3)cc2)cc1. The summed E-state index contributed by atoms with van der Waals surface area (Å²) in [6.07, 6.45) is 0.542. The molecule has 31 heavy (non-hydrogen) atoms. The van der Waals surface area contributed by atoms with Gasteiger partial charge in [0.2, 0.25) is 0 Å². The van der Waals surface area contributed by atoms with Crippen molar-refractivity contribution in [2.45, 2.75) is 6.42 Å². The molecule has 0 saturated heterocycles. The number of carboxylic acids is 2. The van der Waals surface area contributed by atoms with Crippen molar-refractivity contribution >= 4 is 11.9 Å². The zero-order valence-corrected chi connectivity index (χ0v) is 16.9. The second-order valence-electron chi connectivity index (χ2n) is 6.66. The van der Waals surface area contributed by atoms with Gasteiger partial charge >= 0.3 is 11.9 Å². The van der Waals surface area contributed by atoms with Gasteiger partial charge in [-0.2, -0.15) is 0 Å². The lowest BCUT2D eigenvalue weighted by molar-refractivity contribution is 0.0696. The van der Waals surface area contributed by atoms with Gasteiger partial charge < -0.3 is 24.4 Å². The Labute approximate surface area is 179 Å². The van der Waals surface area contributed by atoms with Crippen LogP contribution in [0.5, 0.6) is 17.2 Å². The van der Waals surface area contributed by atoms with Gasteiger partial charge in [0.05, 0.1) is 31.5 Å². The number of hydrogen-bond donors (Lipinski definition) is 2. The highest BCUT2D eigenvalue weighted by molar-refractivity contribution is 5.94. The average Bonchev–Trinajstić information content (AvgIpc) is 2.79. The van der Waals surface area contributed by atoms with E-state index in [1.807, 2.05) is 48.5 Å². The van der Waals surface area contributed by atoms with Gasteiger partial charge in [-0.1, -0.05) is 24.3 Å². The molecule has 3 rings (SSSR count). The van der Waals surface area contributed by atoms with Crippen LogP contribution in [0.1, 0.15) is 27.1 Å². The molecule has 0 saturated carbocycles. The molecule has 0 aromatic heterocycles. The summed E-state index contributed by atoms with van der Waals surface area (Å²) in [5, 5.41) is 18.2. The summed E-state index contributed by atoms with van der Waals surface area (Å²) < 4.78 is 16.4. The van der Waals surface area contributed by atoms with Crippen molar-refractivity contribution in [3.63, 3.8) is 0 Å². The van der Waals surface area contributed by atoms with Crippen LogP contribution in [0.4, 0.5) is 0 Å². The fraction of sp³-hybridized carbons (Fsp3) is 0.167. The summed E-state index contributed by atoms with van der Waals surface area (Å²) in [6.45, 7) is 0.651. The van der Waals surface area contributed by atoms with Crippen LogP contribution in [0.15, 0.2) is 66.7 Å². The third-order valence-corrected chi connectivity index (χ3v) is 4.50. The van der Waals surface area contributed by atoms with Crippen LogP contribution < -0.4 is 14.2 Å². The van der Waals surface area contributed by atoms with E-state index in [-0.39, 0.29) is 23.5 Å². The normalized spacial score (nSPS) is 10.4. The first-order valence-corrected chi connectivity index (χ1v) is 9.58. The highest BCUT2D eigenvalue weighted by atomic mass is 16.5. The van der Waals surface area contributed by atoms with Crippen molar-refractivity contribution in [1.29, 1.82) is 0 Å². The highest BCUT2D eigenvalue weighted by Crippen LogP contribution is 2.24. The topological polar surface area (TPSA) is 102 Å². The van der Waals surface area contributed by atoms with Gasteiger partial charge in [-0.15, -0.1) is 0 Å². The minimum Gasteiger partial charge on any atom is -0.497 e. The van der Waals surface area contributed by atoms with E-state index < -0.39 is 11.9 Å². The molecule has 3 aromatic carbocycles. The molecule has 7 nitrogen and oxygen atoms in total. The van der Waals surface area contributed by atoms with E-state index in [2.05, 4.69) is 0 Å². The van der Waals surface area contributed by atoms with E-state index in [1.54, 1.807) is 7.11 Å². The van der Waals surface area contributed by atoms with E-state index in [9.17, 15) is 9.59 Å². The quantitative estimate of drug-likeness (QED) is 0.460. The number of aromatic carboxylic acids is 2. The zero-order valence-electron chi connectivity index (χ0n) is 16.9. The van der Waals surface area contributed by atoms with Crippen LogP contribution in [0.25, 0.3) is 11.1 Å². The van der Waals surface area contributed by atoms with E-state index >= 15 is 0 Å². The predicted molar refractivity (Wildman–Crippen MR) is 114 cm³/mol. The molecule has 0 spiro atoms. The van der Waals surface area contributed by atoms with Crippen LogP contribution in [0.2, 0.25) is 0 Å². The maximum atomic E-state index is 11.1. The molecule has 160 valence electrons. The smallest absolute Gasteiger partial charge is 0.335 e. The van der Waals surface area contributed by atoms with Gasteiger partial charge in [0.15, 0.2) is 0 Å². The van der Waals surface area contributed by atoms with Gasteiger partial charge in [0.25, 0.3) is 0 Å². The lowest BCUT2D eigenvalue weighted by Crippen LogP contribution is -2.07. The third-order valence-electron chi connectivity index (χ3n) is 4.50. The van der Waals surface area contributed by atoms with Gasteiger partial charge in [0, 0.05) is 6.42 Å². The maximum Gasteiger partial charge on any atom is 0.335 e. The Morgan fingerprint density at radius 3 is 1.58 bits per heavy atom. The summed E-state index contributed by atoms with van der Waals surface area (Å²) in [5.41, 5.74) is 1.86. The Kier molecular flexibility index (Phi) is 7.11. The first-order valence-electron chi connectivity index (χ1n) is 9.58. The zero-order chi connectivity index (χ0) is 22.2. The summed E-state index contributed by atoms with van der Waals surface area (Å²) in [5.74, 6) is -0.706. The third kappa shape index (κ3) is 5.99. The molecule has 0 atom stereocenters. The lowest BCUT2D eigenvalue weighted by Gasteiger charge is -2.10. The lowest BCUT2D eigenvalue weighted by atomic mass is 10.1. The molecule has 2 N–H and O–H groups in total. The Morgan fingerprint density at radius 1 is 0.677 bits per heavy atom. The summed E-state index contributed by atoms with van der Waals surface area (Å²) >= 11 is 0. The second kappa shape index (κ2) is 10.2. The van der Waals surface area contributed by atoms with Gasteiger partial charge in [-0.25, -0.2) is 9.59 Å². The Balaban J connectivity index is 1.49. The molecular formula is C24H22O7. The number of rotatable bonds is 10. The molecule has 0 amide bonds. The second-order valence-corrected chi connectivity index (χ2v) is 6.66. The van der Waals surface area contributed by atoms with Crippen molar-refractivity contribution in [3.05, 3.63) is 77.9 Å². The standard InChI is InChI=1S/C24H22O7/c1-29-20-7-3-16(4-8-20)17-5-9-21(10-6-17)30-11-2-12-31-22-14-18(23(25)26)13-19(15-22)24(27)28/h3-10,13-15H,2,11-12H2,1H3,(H,25,26)(H,27,28). The largest absolute Gasteiger partial charge is 0.497 e. The summed E-state index contributed by atoms with van der Waals surface area (Å²) in [7, 11) is 1.63. The monoisotopic (exact) mass is 422 g/mol. The number of carboxylic acid groups (broad SMARTS) is 2. The molecule has 0 heterocycles. The fourth-order valence-corrected chi connectivity index (χ4v) is 2.90. The minimum absolute atomic E-state index is 0.136. The first kappa shape index (κ1) is 21.7. The van der Waals surface area contributed by atoms with Crippen molar-refractivity contribution in [1.82, 2.24) is 0 Å². The molecule has 0 aliphatic rings. The van der Waals surface area contributed by atoms with Gasteiger partial charge in [-0.3, -0.25) is 0 Å². The van der Waals surface area contributed by atoms with E-state index in [1.165, 1.54) is 12.1 Å². The Bertz CT molecular complexity index is 1010. The number of ether oxygens (including phenoxy) is 3. The van der Waals surface area contributed by atoms with Crippen LogP contribution >= 0.6 is 0 Å². The predicted octanol–water partition coefficient (Wildman–Crippen LogP) is 4.61. The molecule has 3 aromatic rings. The van der Waals surface area contributed by atoms with Crippen LogP contribution in [0.3, 0.4) is 0 Å². The fourth-order valence-electron chi connectivity index (χ4n) is 2.90. The summed E-state index contributed by atoms with van der Waals surface area (Å²) in [6, 6.07) is 19.2. The molecule has 0 fully saturated rings. The van der Waals surface area contributed by atoms with Crippen molar-refractivity contribution < 1.29 is 34.0 Å². The molecule has 0 aliphatic heterocycles. The molecular weight excluding hydrogens is 400 g/mol. The minimum atomic E-state index is -1.21. The van der Waals surface area contributed by atoms with Crippen LogP contribution in [-0.2, 0) is 0 Å². The number of methoxy groups -OCH3 is 1. The van der Waals surface area contributed by atoms with Crippen LogP contribution in [0, 0.1) is 0 Å². The number of benzene rings is 3. The van der Waals surface area contributed by atoms with E-state index in [0.29, 0.717) is 13.0 Å². The Morgan fingerprint density at radius 2 is 1.13 bits per heavy atom. The molecule has 0 unspecified atom stereocenters. The van der Waals surface area contributed by atoms with Gasteiger partial charge in [0.1, 0.15) is 17.2 Å². The van der Waals surface area contributed by atoms with Crippen molar-refractivity contribution in [2.75, 3.05) is 20.3 Å². The van der Waals surface area contributed by atoms with Gasteiger partial charge in [-0.05, 0) is 53.6 Å². The van der Waals surface area contributed by atoms with E-state index in [4.69, 9.17) is 24.4 Å². The maximum absolute atomic E-state index is 11.1. The number of hydrogen-bond acceptors (Lipinski definition) is 5. The average molecular weight is 422 g/mol. The molecule has 0 aliphatic carbocycles. The Hall–Kier alpha value is -4.00. The number of carbonyl (C=O) groups is 2. The first-order chi connectivity index (χ1) is 15.0. The molecule has 7 heteroatoms. The van der Waals surface area contributed by atoms with Crippen molar-refractivity contribution in [2.24, 2.45) is 0 Å². The van der Waals surface area contributed by atoms with E-state index in [0.717, 1.165) is 28.7 Å².